The second-order valence-corrected chi connectivity index (χ2v) is 5.71. The molecule has 1 heterocycles. The molecule has 0 bridgehead atoms. The van der Waals surface area contributed by atoms with Crippen LogP contribution in [-0.4, -0.2) is 48.8 Å². The Balaban J connectivity index is 1.79. The lowest BCUT2D eigenvalue weighted by Gasteiger charge is -2.32. The topological polar surface area (TPSA) is 49.8 Å². The third-order valence-corrected chi connectivity index (χ3v) is 4.09. The van der Waals surface area contributed by atoms with Crippen LogP contribution in [0.3, 0.4) is 0 Å². The molecule has 4 heteroatoms. The zero-order valence-corrected chi connectivity index (χ0v) is 10.7. The molecule has 0 aromatic heterocycles. The van der Waals surface area contributed by atoms with Gasteiger partial charge in [0, 0.05) is 31.5 Å². The second-order valence-electron chi connectivity index (χ2n) is 5.71. The summed E-state index contributed by atoms with van der Waals surface area (Å²) >= 11 is 0. The minimum absolute atomic E-state index is 0.0599. The van der Waals surface area contributed by atoms with Crippen molar-refractivity contribution >= 4 is 5.97 Å². The van der Waals surface area contributed by atoms with Crippen LogP contribution < -0.4 is 0 Å². The highest BCUT2D eigenvalue weighted by atomic mass is 16.5. The van der Waals surface area contributed by atoms with Gasteiger partial charge in [0.05, 0.1) is 0 Å². The predicted octanol–water partition coefficient (Wildman–Crippen LogP) is 1.18. The Morgan fingerprint density at radius 2 is 2.18 bits per heavy atom. The van der Waals surface area contributed by atoms with Gasteiger partial charge in [0.2, 0.25) is 0 Å². The first-order chi connectivity index (χ1) is 8.13. The van der Waals surface area contributed by atoms with Crippen molar-refractivity contribution in [3.63, 3.8) is 0 Å². The van der Waals surface area contributed by atoms with Gasteiger partial charge < -0.3 is 14.7 Å². The summed E-state index contributed by atoms with van der Waals surface area (Å²) in [7, 11) is 2.06. The minimum atomic E-state index is -0.0684. The Morgan fingerprint density at radius 3 is 2.71 bits per heavy atom. The molecule has 0 aromatic carbocycles. The molecule has 0 spiro atoms. The first kappa shape index (κ1) is 12.8. The van der Waals surface area contributed by atoms with E-state index in [2.05, 4.69) is 11.9 Å². The van der Waals surface area contributed by atoms with Crippen LogP contribution in [0.4, 0.5) is 0 Å². The lowest BCUT2D eigenvalue weighted by molar-refractivity contribution is -0.142. The molecule has 4 nitrogen and oxygen atoms in total. The molecule has 0 amide bonds. The number of hydrogen-bond donors (Lipinski definition) is 1. The number of nitrogens with zero attached hydrogens (tertiary/aromatic N) is 1. The summed E-state index contributed by atoms with van der Waals surface area (Å²) in [5.41, 5.74) is 0.0946. The van der Waals surface area contributed by atoms with Gasteiger partial charge in [-0.1, -0.05) is 12.8 Å². The molecule has 98 valence electrons. The van der Waals surface area contributed by atoms with Gasteiger partial charge in [-0.2, -0.15) is 0 Å². The van der Waals surface area contributed by atoms with Gasteiger partial charge in [-0.3, -0.25) is 4.79 Å². The fourth-order valence-electron chi connectivity index (χ4n) is 3.19. The number of cyclic esters (lactones) is 1. The summed E-state index contributed by atoms with van der Waals surface area (Å²) in [4.78, 5) is 13.2. The fourth-order valence-corrected chi connectivity index (χ4v) is 3.19. The Kier molecular flexibility index (Phi) is 4.05. The number of esters is 1. The number of carbonyl (C=O) groups is 1. The van der Waals surface area contributed by atoms with Crippen LogP contribution in [0.5, 0.6) is 0 Å². The molecule has 17 heavy (non-hydrogen) atoms. The van der Waals surface area contributed by atoms with E-state index in [9.17, 15) is 9.90 Å². The molecule has 0 aromatic rings. The number of aliphatic hydroxyl groups excluding tert-OH is 1. The normalized spacial score (nSPS) is 27.7. The predicted molar refractivity (Wildman–Crippen MR) is 64.6 cm³/mol. The molecule has 0 radical (unpaired) electrons. The Bertz CT molecular complexity index is 274. The monoisotopic (exact) mass is 241 g/mol. The van der Waals surface area contributed by atoms with E-state index in [0.717, 1.165) is 32.4 Å². The molecular formula is C13H23NO3. The van der Waals surface area contributed by atoms with Gasteiger partial charge >= 0.3 is 5.97 Å². The molecule has 2 fully saturated rings. The van der Waals surface area contributed by atoms with Crippen LogP contribution >= 0.6 is 0 Å². The summed E-state index contributed by atoms with van der Waals surface area (Å²) in [5.74, 6) is -0.0684. The van der Waals surface area contributed by atoms with Crippen molar-refractivity contribution in [3.05, 3.63) is 0 Å². The Morgan fingerprint density at radius 1 is 1.47 bits per heavy atom. The van der Waals surface area contributed by atoms with Crippen molar-refractivity contribution in [2.24, 2.45) is 5.41 Å². The zero-order chi connectivity index (χ0) is 12.3. The van der Waals surface area contributed by atoms with Gasteiger partial charge in [-0.25, -0.2) is 0 Å². The van der Waals surface area contributed by atoms with Gasteiger partial charge in [0.25, 0.3) is 0 Å². The average Bonchev–Trinajstić information content (AvgIpc) is 2.89. The van der Waals surface area contributed by atoms with Gasteiger partial charge in [-0.05, 0) is 26.3 Å². The van der Waals surface area contributed by atoms with E-state index < -0.39 is 0 Å². The van der Waals surface area contributed by atoms with Crippen molar-refractivity contribution in [2.45, 2.75) is 44.6 Å². The Hall–Kier alpha value is -0.610. The van der Waals surface area contributed by atoms with Crippen LogP contribution in [0.1, 0.15) is 38.5 Å². The average molecular weight is 241 g/mol. The van der Waals surface area contributed by atoms with Crippen LogP contribution in [0.2, 0.25) is 0 Å². The molecule has 1 aliphatic carbocycles. The van der Waals surface area contributed by atoms with Gasteiger partial charge in [0.1, 0.15) is 6.10 Å². The maximum absolute atomic E-state index is 11.0. The van der Waals surface area contributed by atoms with Crippen molar-refractivity contribution in [3.8, 4) is 0 Å². The molecule has 2 rings (SSSR count). The quantitative estimate of drug-likeness (QED) is 0.734. The molecule has 1 saturated heterocycles. The second kappa shape index (κ2) is 5.36. The third kappa shape index (κ3) is 3.19. The highest BCUT2D eigenvalue weighted by Gasteiger charge is 2.35. The smallest absolute Gasteiger partial charge is 0.306 e. The highest BCUT2D eigenvalue weighted by Crippen LogP contribution is 2.38. The number of rotatable bonds is 5. The largest absolute Gasteiger partial charge is 0.461 e. The molecule has 1 atom stereocenters. The zero-order valence-electron chi connectivity index (χ0n) is 10.7. The van der Waals surface area contributed by atoms with Crippen LogP contribution in [0.25, 0.3) is 0 Å². The number of ether oxygens (including phenoxy) is 1. The van der Waals surface area contributed by atoms with E-state index in [4.69, 9.17) is 4.74 Å². The highest BCUT2D eigenvalue weighted by molar-refractivity contribution is 5.71. The lowest BCUT2D eigenvalue weighted by atomic mass is 9.86. The minimum Gasteiger partial charge on any atom is -0.461 e. The maximum atomic E-state index is 11.0. The van der Waals surface area contributed by atoms with Crippen molar-refractivity contribution < 1.29 is 14.6 Å². The van der Waals surface area contributed by atoms with E-state index in [0.29, 0.717) is 6.42 Å². The first-order valence-electron chi connectivity index (χ1n) is 6.62. The first-order valence-corrected chi connectivity index (χ1v) is 6.62. The fraction of sp³-hybridized carbons (Fsp3) is 0.923. The van der Waals surface area contributed by atoms with E-state index >= 15 is 0 Å². The molecule has 2 aliphatic rings. The van der Waals surface area contributed by atoms with Crippen LogP contribution in [0, 0.1) is 5.41 Å². The van der Waals surface area contributed by atoms with Crippen molar-refractivity contribution in [2.75, 3.05) is 26.7 Å². The molecule has 1 aliphatic heterocycles. The lowest BCUT2D eigenvalue weighted by Crippen LogP contribution is -2.39. The summed E-state index contributed by atoms with van der Waals surface area (Å²) in [6.45, 7) is 1.99. The molecule has 1 N–H and O–H groups in total. The van der Waals surface area contributed by atoms with Gasteiger partial charge in [-0.15, -0.1) is 0 Å². The molecule has 1 saturated carbocycles. The van der Waals surface area contributed by atoms with Crippen molar-refractivity contribution in [1.82, 2.24) is 4.90 Å². The summed E-state index contributed by atoms with van der Waals surface area (Å²) in [5, 5.41) is 9.56. The third-order valence-electron chi connectivity index (χ3n) is 4.09. The maximum Gasteiger partial charge on any atom is 0.306 e. The number of hydrogen-bond acceptors (Lipinski definition) is 4. The summed E-state index contributed by atoms with van der Waals surface area (Å²) in [6.07, 6.45) is 6.17. The number of aliphatic hydroxyl groups is 1. The van der Waals surface area contributed by atoms with Crippen LogP contribution in [0.15, 0.2) is 0 Å². The molecule has 1 unspecified atom stereocenters. The van der Waals surface area contributed by atoms with Gasteiger partial charge in [0.15, 0.2) is 0 Å². The summed E-state index contributed by atoms with van der Waals surface area (Å²) < 4.78 is 5.22. The number of carbonyl (C=O) groups excluding carboxylic acids is 1. The number of likely N-dealkylation sites (N-methyl/N-ethyl adjacent to an activating group) is 1. The summed E-state index contributed by atoms with van der Waals surface area (Å²) in [6, 6.07) is 0. The molecular weight excluding hydrogens is 218 g/mol. The standard InChI is InChI=1S/C13H23NO3/c1-14(8-11-4-5-12(16)17-11)9-13(10-15)6-2-3-7-13/h11,15H,2-10H2,1H3. The van der Waals surface area contributed by atoms with E-state index in [-0.39, 0.29) is 24.1 Å². The van der Waals surface area contributed by atoms with E-state index in [1.807, 2.05) is 0 Å². The van der Waals surface area contributed by atoms with Crippen molar-refractivity contribution in [1.29, 1.82) is 0 Å². The SMILES string of the molecule is CN(CC1CCC(=O)O1)CC1(CO)CCCC1. The van der Waals surface area contributed by atoms with E-state index in [1.54, 1.807) is 0 Å². The van der Waals surface area contributed by atoms with E-state index in [1.165, 1.54) is 12.8 Å². The Labute approximate surface area is 103 Å². The van der Waals surface area contributed by atoms with Crippen LogP contribution in [-0.2, 0) is 9.53 Å².